The van der Waals surface area contributed by atoms with E-state index < -0.39 is 29.3 Å². The Bertz CT molecular complexity index is 1080. The van der Waals surface area contributed by atoms with Crippen molar-refractivity contribution in [2.75, 3.05) is 11.9 Å². The van der Waals surface area contributed by atoms with Gasteiger partial charge in [0.05, 0.1) is 16.1 Å². The van der Waals surface area contributed by atoms with Crippen molar-refractivity contribution < 1.29 is 24.0 Å². The molecule has 1 heterocycles. The third-order valence-electron chi connectivity index (χ3n) is 4.89. The Morgan fingerprint density at radius 1 is 1.35 bits per heavy atom. The van der Waals surface area contributed by atoms with Crippen LogP contribution >= 0.6 is 11.3 Å². The lowest BCUT2D eigenvalue weighted by Crippen LogP contribution is -2.22. The van der Waals surface area contributed by atoms with Crippen molar-refractivity contribution in [1.29, 1.82) is 0 Å². The fraction of sp³-hybridized carbons (Fsp3) is 0.286. The van der Waals surface area contributed by atoms with Crippen LogP contribution in [-0.2, 0) is 27.2 Å². The number of nitrogens with one attached hydrogen (secondary N) is 1. The zero-order valence-electron chi connectivity index (χ0n) is 16.8. The van der Waals surface area contributed by atoms with Crippen LogP contribution in [0.3, 0.4) is 0 Å². The smallest absolute Gasteiger partial charge is 0.331 e. The fourth-order valence-electron chi connectivity index (χ4n) is 3.40. The largest absolute Gasteiger partial charge is 0.452 e. The number of para-hydroxylation sites is 1. The number of primary amides is 1. The first-order valence-electron chi connectivity index (χ1n) is 9.58. The molecule has 1 aliphatic rings. The number of hydrogen-bond donors (Lipinski definition) is 2. The van der Waals surface area contributed by atoms with Crippen molar-refractivity contribution in [3.63, 3.8) is 0 Å². The number of carbonyl (C=O) groups excluding carboxylic acids is 3. The van der Waals surface area contributed by atoms with Gasteiger partial charge in [0.2, 0.25) is 0 Å². The van der Waals surface area contributed by atoms with E-state index in [9.17, 15) is 24.5 Å². The Labute approximate surface area is 182 Å². The van der Waals surface area contributed by atoms with Crippen LogP contribution in [0.5, 0.6) is 0 Å². The molecule has 0 radical (unpaired) electrons. The van der Waals surface area contributed by atoms with E-state index in [1.165, 1.54) is 35.6 Å². The van der Waals surface area contributed by atoms with Gasteiger partial charge in [-0.2, -0.15) is 0 Å². The van der Waals surface area contributed by atoms with Gasteiger partial charge >= 0.3 is 5.97 Å². The lowest BCUT2D eigenvalue weighted by Gasteiger charge is -2.18. The highest BCUT2D eigenvalue weighted by molar-refractivity contribution is 7.17. The predicted molar refractivity (Wildman–Crippen MR) is 116 cm³/mol. The number of esters is 1. The SMILES string of the molecule is CC1CCc2c(sc(NC(=O)COC(=O)C=Cc3ccccc3[N+](=O)[O-])c2C(N)=O)C1. The highest BCUT2D eigenvalue weighted by atomic mass is 32.1. The summed E-state index contributed by atoms with van der Waals surface area (Å²) in [5, 5.41) is 14.0. The van der Waals surface area contributed by atoms with E-state index in [1.54, 1.807) is 6.07 Å². The van der Waals surface area contributed by atoms with Crippen molar-refractivity contribution in [3.05, 3.63) is 62.0 Å². The molecule has 9 nitrogen and oxygen atoms in total. The molecule has 2 aromatic rings. The third-order valence-corrected chi connectivity index (χ3v) is 6.06. The highest BCUT2D eigenvalue weighted by Gasteiger charge is 2.27. The third kappa shape index (κ3) is 5.34. The number of thiophene rings is 1. The molecular weight excluding hydrogens is 422 g/mol. The number of carbonyl (C=O) groups is 3. The van der Waals surface area contributed by atoms with Crippen LogP contribution in [-0.4, -0.2) is 29.3 Å². The molecule has 3 N–H and O–H groups in total. The van der Waals surface area contributed by atoms with E-state index in [0.29, 0.717) is 16.5 Å². The van der Waals surface area contributed by atoms with Gasteiger partial charge in [-0.15, -0.1) is 11.3 Å². The zero-order chi connectivity index (χ0) is 22.5. The van der Waals surface area contributed by atoms with Crippen LogP contribution in [0.4, 0.5) is 10.7 Å². The van der Waals surface area contributed by atoms with E-state index in [0.717, 1.165) is 35.8 Å². The first-order chi connectivity index (χ1) is 14.8. The number of nitrogens with two attached hydrogens (primary N) is 1. The monoisotopic (exact) mass is 443 g/mol. The van der Waals surface area contributed by atoms with Gasteiger partial charge in [-0.1, -0.05) is 19.1 Å². The molecule has 1 atom stereocenters. The summed E-state index contributed by atoms with van der Waals surface area (Å²) in [4.78, 5) is 47.5. The van der Waals surface area contributed by atoms with E-state index in [1.807, 2.05) is 0 Å². The summed E-state index contributed by atoms with van der Waals surface area (Å²) in [5.74, 6) is -1.56. The molecule has 0 fully saturated rings. The summed E-state index contributed by atoms with van der Waals surface area (Å²) in [6.45, 7) is 1.55. The van der Waals surface area contributed by atoms with Crippen molar-refractivity contribution in [2.24, 2.45) is 11.7 Å². The van der Waals surface area contributed by atoms with Gasteiger partial charge in [0.1, 0.15) is 5.00 Å². The molecule has 31 heavy (non-hydrogen) atoms. The quantitative estimate of drug-likeness (QED) is 0.291. The van der Waals surface area contributed by atoms with Crippen LogP contribution in [0.1, 0.15) is 39.7 Å². The summed E-state index contributed by atoms with van der Waals surface area (Å²) in [6, 6.07) is 5.92. The molecule has 0 aliphatic heterocycles. The zero-order valence-corrected chi connectivity index (χ0v) is 17.6. The van der Waals surface area contributed by atoms with Crippen molar-refractivity contribution in [3.8, 4) is 0 Å². The molecule has 162 valence electrons. The van der Waals surface area contributed by atoms with Crippen LogP contribution in [0.2, 0.25) is 0 Å². The molecule has 2 amide bonds. The molecule has 0 saturated carbocycles. The lowest BCUT2D eigenvalue weighted by molar-refractivity contribution is -0.385. The van der Waals surface area contributed by atoms with Crippen LogP contribution in [0.25, 0.3) is 6.08 Å². The van der Waals surface area contributed by atoms with Crippen molar-refractivity contribution >= 4 is 45.9 Å². The van der Waals surface area contributed by atoms with Gasteiger partial charge in [-0.3, -0.25) is 19.7 Å². The standard InChI is InChI=1S/C21H21N3O6S/c1-12-6-8-14-16(10-12)31-21(19(14)20(22)27)23-17(25)11-30-18(26)9-7-13-4-2-3-5-15(13)24(28)29/h2-5,7,9,12H,6,8,10-11H2,1H3,(H2,22,27)(H,23,25). The molecular formula is C21H21N3O6S. The second-order valence-electron chi connectivity index (χ2n) is 7.23. The Hall–Kier alpha value is -3.53. The minimum Gasteiger partial charge on any atom is -0.452 e. The molecule has 10 heteroatoms. The maximum absolute atomic E-state index is 12.2. The maximum Gasteiger partial charge on any atom is 0.331 e. The summed E-state index contributed by atoms with van der Waals surface area (Å²) in [5.41, 5.74) is 6.81. The second-order valence-corrected chi connectivity index (χ2v) is 8.33. The molecule has 1 unspecified atom stereocenters. The first kappa shape index (κ1) is 22.2. The van der Waals surface area contributed by atoms with E-state index in [2.05, 4.69) is 12.2 Å². The van der Waals surface area contributed by atoms with Gasteiger partial charge in [0, 0.05) is 17.0 Å². The number of nitro groups is 1. The first-order valence-corrected chi connectivity index (χ1v) is 10.4. The minimum absolute atomic E-state index is 0.153. The number of hydrogen-bond acceptors (Lipinski definition) is 7. The molecule has 1 aromatic carbocycles. The number of ether oxygens (including phenoxy) is 1. The van der Waals surface area contributed by atoms with Crippen LogP contribution in [0.15, 0.2) is 30.3 Å². The van der Waals surface area contributed by atoms with Gasteiger partial charge in [-0.05, 0) is 42.9 Å². The molecule has 3 rings (SSSR count). The van der Waals surface area contributed by atoms with Gasteiger partial charge in [0.25, 0.3) is 17.5 Å². The number of amides is 2. The molecule has 1 aromatic heterocycles. The Morgan fingerprint density at radius 3 is 2.81 bits per heavy atom. The van der Waals surface area contributed by atoms with E-state index >= 15 is 0 Å². The lowest BCUT2D eigenvalue weighted by atomic mass is 9.88. The van der Waals surface area contributed by atoms with Gasteiger partial charge in [0.15, 0.2) is 6.61 Å². The number of anilines is 1. The number of rotatable bonds is 7. The fourth-order valence-corrected chi connectivity index (χ4v) is 4.83. The summed E-state index contributed by atoms with van der Waals surface area (Å²) < 4.78 is 4.90. The molecule has 0 saturated heterocycles. The Morgan fingerprint density at radius 2 is 2.10 bits per heavy atom. The average molecular weight is 443 g/mol. The van der Waals surface area contributed by atoms with Crippen LogP contribution < -0.4 is 11.1 Å². The Balaban J connectivity index is 1.61. The molecule has 0 spiro atoms. The maximum atomic E-state index is 12.2. The Kier molecular flexibility index (Phi) is 6.81. The van der Waals surface area contributed by atoms with Crippen LogP contribution in [0, 0.1) is 16.0 Å². The van der Waals surface area contributed by atoms with Gasteiger partial charge < -0.3 is 15.8 Å². The summed E-state index contributed by atoms with van der Waals surface area (Å²) in [7, 11) is 0. The normalized spacial score (nSPS) is 15.3. The summed E-state index contributed by atoms with van der Waals surface area (Å²) >= 11 is 1.32. The summed E-state index contributed by atoms with van der Waals surface area (Å²) in [6.07, 6.45) is 4.75. The minimum atomic E-state index is -0.831. The predicted octanol–water partition coefficient (Wildman–Crippen LogP) is 3.08. The van der Waals surface area contributed by atoms with E-state index in [-0.39, 0.29) is 11.3 Å². The number of nitrogens with zero attached hydrogens (tertiary/aromatic N) is 1. The molecule has 1 aliphatic carbocycles. The number of fused-ring (bicyclic) bond motifs is 1. The highest BCUT2D eigenvalue weighted by Crippen LogP contribution is 2.39. The topological polar surface area (TPSA) is 142 Å². The number of benzene rings is 1. The number of nitro benzene ring substituents is 1. The van der Waals surface area contributed by atoms with Gasteiger partial charge in [-0.25, -0.2) is 4.79 Å². The van der Waals surface area contributed by atoms with Crippen molar-refractivity contribution in [1.82, 2.24) is 0 Å². The van der Waals surface area contributed by atoms with Crippen molar-refractivity contribution in [2.45, 2.75) is 26.2 Å². The van der Waals surface area contributed by atoms with E-state index in [4.69, 9.17) is 10.5 Å². The average Bonchev–Trinajstić information content (AvgIpc) is 3.07. The second kappa shape index (κ2) is 9.52. The molecule has 0 bridgehead atoms.